The number of carbonyl (C=O) groups excluding carboxylic acids is 1. The first-order chi connectivity index (χ1) is 10.0. The summed E-state index contributed by atoms with van der Waals surface area (Å²) in [6, 6.07) is 6.11. The van der Waals surface area contributed by atoms with Crippen LogP contribution in [-0.4, -0.2) is 21.5 Å². The van der Waals surface area contributed by atoms with Gasteiger partial charge < -0.3 is 9.88 Å². The Morgan fingerprint density at radius 3 is 2.95 bits per heavy atom. The van der Waals surface area contributed by atoms with Crippen LogP contribution in [0.25, 0.3) is 11.0 Å². The summed E-state index contributed by atoms with van der Waals surface area (Å²) in [6.07, 6.45) is 1.35. The molecule has 6 heteroatoms. The van der Waals surface area contributed by atoms with Crippen LogP contribution in [0.4, 0.5) is 0 Å². The van der Waals surface area contributed by atoms with Crippen molar-refractivity contribution in [2.45, 2.75) is 45.2 Å². The lowest BCUT2D eigenvalue weighted by atomic mass is 10.2. The Balaban J connectivity index is 2.17. The van der Waals surface area contributed by atoms with E-state index in [1.54, 1.807) is 0 Å². The normalized spacial score (nSPS) is 12.6. The van der Waals surface area contributed by atoms with Crippen LogP contribution in [0.2, 0.25) is 0 Å². The largest absolute Gasteiger partial charge is 0.354 e. The highest BCUT2D eigenvalue weighted by Gasteiger charge is 2.12. The lowest BCUT2D eigenvalue weighted by molar-refractivity contribution is -0.121. The molecule has 2 aromatic rings. The number of hydrogen-bond acceptors (Lipinski definition) is 2. The van der Waals surface area contributed by atoms with Crippen LogP contribution < -0.4 is 5.32 Å². The molecule has 0 fully saturated rings. The van der Waals surface area contributed by atoms with Gasteiger partial charge in [-0.25, -0.2) is 4.98 Å². The molecule has 0 aliphatic carbocycles. The minimum atomic E-state index is 0.0571. The molecule has 1 amide bonds. The van der Waals surface area contributed by atoms with Gasteiger partial charge in [-0.2, -0.15) is 0 Å². The topological polar surface area (TPSA) is 46.9 Å². The summed E-state index contributed by atoms with van der Waals surface area (Å²) >= 11 is 9.44. The van der Waals surface area contributed by atoms with Gasteiger partial charge in [0.25, 0.3) is 0 Å². The fourth-order valence-corrected chi connectivity index (χ4v) is 2.71. The Hall–Kier alpha value is -1.07. The zero-order chi connectivity index (χ0) is 15.4. The molecule has 1 heterocycles. The summed E-state index contributed by atoms with van der Waals surface area (Å²) in [5.41, 5.74) is 1.90. The number of amides is 1. The predicted octanol–water partition coefficient (Wildman–Crippen LogP) is 3.84. The van der Waals surface area contributed by atoms with Gasteiger partial charge in [0.05, 0.1) is 16.9 Å². The third-order valence-electron chi connectivity index (χ3n) is 3.49. The molecule has 0 aliphatic heterocycles. The van der Waals surface area contributed by atoms with Crippen LogP contribution in [-0.2, 0) is 17.2 Å². The molecule has 114 valence electrons. The predicted molar refractivity (Wildman–Crippen MR) is 89.5 cm³/mol. The standard InChI is InChI=1S/C15H19BrClN3O/c1-3-10(2)18-15(21)6-7-20-13-8-11(16)4-5-12(13)19-14(20)9-17/h4-5,8,10H,3,6-7,9H2,1-2H3,(H,18,21). The van der Waals surface area contributed by atoms with E-state index in [1.165, 1.54) is 0 Å². The maximum atomic E-state index is 11.9. The summed E-state index contributed by atoms with van der Waals surface area (Å²) < 4.78 is 3.00. The van der Waals surface area contributed by atoms with Gasteiger partial charge in [-0.15, -0.1) is 11.6 Å². The van der Waals surface area contributed by atoms with Crippen molar-refractivity contribution in [2.75, 3.05) is 0 Å². The van der Waals surface area contributed by atoms with Gasteiger partial charge in [0.2, 0.25) is 5.91 Å². The number of halogens is 2. The molecule has 0 saturated carbocycles. The average molecular weight is 373 g/mol. The molecule has 0 radical (unpaired) electrons. The van der Waals surface area contributed by atoms with Crippen molar-refractivity contribution >= 4 is 44.5 Å². The molecule has 1 N–H and O–H groups in total. The zero-order valence-corrected chi connectivity index (χ0v) is 14.5. The van der Waals surface area contributed by atoms with E-state index in [2.05, 4.69) is 33.2 Å². The minimum absolute atomic E-state index is 0.0571. The molecule has 0 saturated heterocycles. The highest BCUT2D eigenvalue weighted by atomic mass is 79.9. The quantitative estimate of drug-likeness (QED) is 0.783. The fraction of sp³-hybridized carbons (Fsp3) is 0.467. The fourth-order valence-electron chi connectivity index (χ4n) is 2.16. The first-order valence-corrected chi connectivity index (χ1v) is 8.38. The van der Waals surface area contributed by atoms with Crippen LogP contribution in [0.1, 0.15) is 32.5 Å². The van der Waals surface area contributed by atoms with Crippen LogP contribution in [0, 0.1) is 0 Å². The number of benzene rings is 1. The van der Waals surface area contributed by atoms with Crippen molar-refractivity contribution in [3.8, 4) is 0 Å². The second-order valence-electron chi connectivity index (χ2n) is 5.07. The number of fused-ring (bicyclic) bond motifs is 1. The maximum Gasteiger partial charge on any atom is 0.221 e. The lowest BCUT2D eigenvalue weighted by Crippen LogP contribution is -2.32. The number of nitrogens with zero attached hydrogens (tertiary/aromatic N) is 2. The average Bonchev–Trinajstić information content (AvgIpc) is 2.81. The molecule has 1 unspecified atom stereocenters. The van der Waals surface area contributed by atoms with E-state index in [1.807, 2.05) is 29.7 Å². The van der Waals surface area contributed by atoms with E-state index in [4.69, 9.17) is 11.6 Å². The SMILES string of the molecule is CCC(C)NC(=O)CCn1c(CCl)nc2ccc(Br)cc21. The number of rotatable bonds is 6. The Morgan fingerprint density at radius 2 is 2.29 bits per heavy atom. The Morgan fingerprint density at radius 1 is 1.52 bits per heavy atom. The summed E-state index contributed by atoms with van der Waals surface area (Å²) in [6.45, 7) is 4.64. The lowest BCUT2D eigenvalue weighted by Gasteiger charge is -2.12. The van der Waals surface area contributed by atoms with E-state index >= 15 is 0 Å². The van der Waals surface area contributed by atoms with Gasteiger partial charge in [-0.3, -0.25) is 4.79 Å². The second-order valence-corrected chi connectivity index (χ2v) is 6.26. The number of imidazole rings is 1. The molecular weight excluding hydrogens is 354 g/mol. The summed E-state index contributed by atoms with van der Waals surface area (Å²) in [4.78, 5) is 16.4. The van der Waals surface area contributed by atoms with E-state index in [0.717, 1.165) is 27.8 Å². The Kier molecular flexibility index (Phi) is 5.65. The Labute approximate surface area is 138 Å². The first-order valence-electron chi connectivity index (χ1n) is 7.05. The zero-order valence-electron chi connectivity index (χ0n) is 12.2. The van der Waals surface area contributed by atoms with Crippen molar-refractivity contribution in [1.82, 2.24) is 14.9 Å². The number of carbonyl (C=O) groups is 1. The molecule has 0 aliphatic rings. The van der Waals surface area contributed by atoms with Crippen molar-refractivity contribution in [1.29, 1.82) is 0 Å². The third-order valence-corrected chi connectivity index (χ3v) is 4.22. The van der Waals surface area contributed by atoms with Gasteiger partial charge in [0.1, 0.15) is 5.82 Å². The third kappa shape index (κ3) is 3.98. The van der Waals surface area contributed by atoms with Crippen molar-refractivity contribution in [3.63, 3.8) is 0 Å². The second kappa shape index (κ2) is 7.27. The number of hydrogen-bond donors (Lipinski definition) is 1. The maximum absolute atomic E-state index is 11.9. The summed E-state index contributed by atoms with van der Waals surface area (Å²) in [5.74, 6) is 1.18. The van der Waals surface area contributed by atoms with Crippen molar-refractivity contribution < 1.29 is 4.79 Å². The molecule has 0 spiro atoms. The monoisotopic (exact) mass is 371 g/mol. The van der Waals surface area contributed by atoms with Gasteiger partial charge in [-0.1, -0.05) is 22.9 Å². The van der Waals surface area contributed by atoms with Crippen molar-refractivity contribution in [3.05, 3.63) is 28.5 Å². The summed E-state index contributed by atoms with van der Waals surface area (Å²) in [7, 11) is 0. The first kappa shape index (κ1) is 16.3. The van der Waals surface area contributed by atoms with Crippen LogP contribution in [0.5, 0.6) is 0 Å². The van der Waals surface area contributed by atoms with E-state index in [0.29, 0.717) is 18.8 Å². The van der Waals surface area contributed by atoms with Gasteiger partial charge >= 0.3 is 0 Å². The Bertz CT molecular complexity index is 641. The highest BCUT2D eigenvalue weighted by molar-refractivity contribution is 9.10. The van der Waals surface area contributed by atoms with E-state index in [9.17, 15) is 4.79 Å². The number of aromatic nitrogens is 2. The molecule has 2 rings (SSSR count). The molecular formula is C15H19BrClN3O. The van der Waals surface area contributed by atoms with Gasteiger partial charge in [0.15, 0.2) is 0 Å². The minimum Gasteiger partial charge on any atom is -0.354 e. The molecule has 1 aromatic heterocycles. The van der Waals surface area contributed by atoms with Crippen LogP contribution >= 0.6 is 27.5 Å². The number of alkyl halides is 1. The van der Waals surface area contributed by atoms with E-state index < -0.39 is 0 Å². The smallest absolute Gasteiger partial charge is 0.221 e. The van der Waals surface area contributed by atoms with E-state index in [-0.39, 0.29) is 11.9 Å². The van der Waals surface area contributed by atoms with Crippen LogP contribution in [0.15, 0.2) is 22.7 Å². The molecule has 1 aromatic carbocycles. The summed E-state index contributed by atoms with van der Waals surface area (Å²) in [5, 5.41) is 2.97. The number of nitrogens with one attached hydrogen (secondary N) is 1. The van der Waals surface area contributed by atoms with Crippen LogP contribution in [0.3, 0.4) is 0 Å². The molecule has 21 heavy (non-hydrogen) atoms. The molecule has 0 bridgehead atoms. The molecule has 4 nitrogen and oxygen atoms in total. The number of aryl methyl sites for hydroxylation is 1. The highest BCUT2D eigenvalue weighted by Crippen LogP contribution is 2.22. The molecule has 1 atom stereocenters. The van der Waals surface area contributed by atoms with Crippen molar-refractivity contribution in [2.24, 2.45) is 0 Å². The van der Waals surface area contributed by atoms with Gasteiger partial charge in [-0.05, 0) is 31.5 Å². The van der Waals surface area contributed by atoms with Gasteiger partial charge in [0, 0.05) is 23.5 Å².